The third-order valence-corrected chi connectivity index (χ3v) is 10.8. The number of aliphatic hydroxyl groups is 7. The Balaban J connectivity index is 2.43. The van der Waals surface area contributed by atoms with Crippen LogP contribution < -0.4 is 5.32 Å². The summed E-state index contributed by atoms with van der Waals surface area (Å²) in [6.07, 6.45) is 22.7. The van der Waals surface area contributed by atoms with Gasteiger partial charge in [0.2, 0.25) is 5.91 Å². The number of rotatable bonds is 36. The minimum Gasteiger partial charge on any atom is -0.394 e. The molecule has 1 amide bonds. The van der Waals surface area contributed by atoms with Crippen molar-refractivity contribution in [2.75, 3.05) is 13.2 Å². The van der Waals surface area contributed by atoms with Crippen LogP contribution in [0.3, 0.4) is 0 Å². The Kier molecular flexibility index (Phi) is 32.0. The van der Waals surface area contributed by atoms with Gasteiger partial charge in [-0.3, -0.25) is 4.79 Å². The first-order chi connectivity index (χ1) is 26.2. The molecule has 0 bridgehead atoms. The van der Waals surface area contributed by atoms with Gasteiger partial charge in [0.05, 0.1) is 25.4 Å². The second-order valence-corrected chi connectivity index (χ2v) is 15.8. The van der Waals surface area contributed by atoms with Crippen LogP contribution in [0, 0.1) is 0 Å². The highest BCUT2D eigenvalue weighted by molar-refractivity contribution is 5.80. The topological polar surface area (TPSA) is 189 Å². The van der Waals surface area contributed by atoms with Crippen molar-refractivity contribution in [1.82, 2.24) is 5.32 Å². The molecule has 11 nitrogen and oxygen atoms in total. The van der Waals surface area contributed by atoms with Gasteiger partial charge in [-0.25, -0.2) is 0 Å². The van der Waals surface area contributed by atoms with Gasteiger partial charge in [0.1, 0.15) is 36.6 Å². The van der Waals surface area contributed by atoms with E-state index in [2.05, 4.69) is 31.3 Å². The highest BCUT2D eigenvalue weighted by Crippen LogP contribution is 2.23. The molecule has 0 saturated carbocycles. The molecule has 0 spiro atoms. The van der Waals surface area contributed by atoms with Crippen molar-refractivity contribution in [2.45, 2.75) is 242 Å². The van der Waals surface area contributed by atoms with E-state index in [-0.39, 0.29) is 6.42 Å². The number of hydrogen-bond acceptors (Lipinski definition) is 10. The van der Waals surface area contributed by atoms with Crippen molar-refractivity contribution in [3.63, 3.8) is 0 Å². The summed E-state index contributed by atoms with van der Waals surface area (Å²) in [6.45, 7) is 3.39. The fraction of sp³-hybridized carbons (Fsp3) is 0.930. The fourth-order valence-corrected chi connectivity index (χ4v) is 7.08. The summed E-state index contributed by atoms with van der Waals surface area (Å²) >= 11 is 0. The maximum absolute atomic E-state index is 13.0. The van der Waals surface area contributed by atoms with Crippen molar-refractivity contribution in [1.29, 1.82) is 0 Å². The Morgan fingerprint density at radius 3 is 1.57 bits per heavy atom. The van der Waals surface area contributed by atoms with Crippen LogP contribution in [0.1, 0.15) is 187 Å². The number of carbonyl (C=O) groups excluding carboxylic acids is 1. The lowest BCUT2D eigenvalue weighted by molar-refractivity contribution is -0.303. The summed E-state index contributed by atoms with van der Waals surface area (Å²) in [5.74, 6) is -0.700. The van der Waals surface area contributed by atoms with Gasteiger partial charge < -0.3 is 50.5 Å². The average Bonchev–Trinajstić information content (AvgIpc) is 3.17. The molecule has 0 unspecified atom stereocenters. The van der Waals surface area contributed by atoms with Gasteiger partial charge in [0.25, 0.3) is 0 Å². The van der Waals surface area contributed by atoms with Crippen LogP contribution in [0.4, 0.5) is 0 Å². The maximum Gasteiger partial charge on any atom is 0.249 e. The zero-order chi connectivity index (χ0) is 39.8. The third-order valence-electron chi connectivity index (χ3n) is 10.8. The summed E-state index contributed by atoms with van der Waals surface area (Å²) in [4.78, 5) is 13.0. The number of nitrogens with one attached hydrogen (secondary N) is 1. The first-order valence-electron chi connectivity index (χ1n) is 22.1. The molecule has 0 radical (unpaired) electrons. The van der Waals surface area contributed by atoms with Crippen LogP contribution in [-0.4, -0.2) is 110 Å². The second-order valence-electron chi connectivity index (χ2n) is 15.8. The van der Waals surface area contributed by atoms with Crippen LogP contribution in [0.25, 0.3) is 0 Å². The second kappa shape index (κ2) is 33.9. The van der Waals surface area contributed by atoms with E-state index in [0.29, 0.717) is 19.3 Å². The zero-order valence-electron chi connectivity index (χ0n) is 34.2. The lowest BCUT2D eigenvalue weighted by atomic mass is 9.98. The average molecular weight is 774 g/mol. The van der Waals surface area contributed by atoms with Crippen LogP contribution in [-0.2, 0) is 14.3 Å². The summed E-state index contributed by atoms with van der Waals surface area (Å²) < 4.78 is 11.0. The first kappa shape index (κ1) is 50.9. The number of aliphatic hydroxyl groups excluding tert-OH is 7. The van der Waals surface area contributed by atoms with E-state index in [0.717, 1.165) is 38.5 Å². The normalized spacial score (nSPS) is 22.7. The van der Waals surface area contributed by atoms with E-state index < -0.39 is 74.2 Å². The monoisotopic (exact) mass is 774 g/mol. The van der Waals surface area contributed by atoms with E-state index in [4.69, 9.17) is 9.47 Å². The van der Waals surface area contributed by atoms with Gasteiger partial charge in [-0.05, 0) is 38.5 Å². The van der Waals surface area contributed by atoms with Gasteiger partial charge in [-0.2, -0.15) is 0 Å². The van der Waals surface area contributed by atoms with Crippen LogP contribution in [0.2, 0.25) is 0 Å². The molecular weight excluding hydrogens is 690 g/mol. The van der Waals surface area contributed by atoms with E-state index in [1.165, 1.54) is 109 Å². The molecule has 11 heteroatoms. The van der Waals surface area contributed by atoms with E-state index >= 15 is 0 Å². The number of carbonyl (C=O) groups is 1. The number of amides is 1. The van der Waals surface area contributed by atoms with Crippen LogP contribution in [0.15, 0.2) is 12.2 Å². The quantitative estimate of drug-likeness (QED) is 0.0258. The van der Waals surface area contributed by atoms with Crippen molar-refractivity contribution in [3.05, 3.63) is 12.2 Å². The molecule has 1 heterocycles. The highest BCUT2D eigenvalue weighted by atomic mass is 16.7. The van der Waals surface area contributed by atoms with Crippen molar-refractivity contribution in [3.8, 4) is 0 Å². The first-order valence-corrected chi connectivity index (χ1v) is 22.1. The van der Waals surface area contributed by atoms with E-state index in [9.17, 15) is 40.5 Å². The van der Waals surface area contributed by atoms with E-state index in [1.807, 2.05) is 0 Å². The molecule has 8 N–H and O–H groups in total. The number of ether oxygens (including phenoxy) is 2. The molecule has 0 aromatic heterocycles. The molecule has 54 heavy (non-hydrogen) atoms. The van der Waals surface area contributed by atoms with Gasteiger partial charge in [0, 0.05) is 0 Å². The summed E-state index contributed by atoms with van der Waals surface area (Å²) in [5.41, 5.74) is 0. The summed E-state index contributed by atoms with van der Waals surface area (Å²) in [5, 5.41) is 75.4. The molecule has 1 rings (SSSR count). The van der Waals surface area contributed by atoms with Crippen LogP contribution >= 0.6 is 0 Å². The van der Waals surface area contributed by atoms with Crippen LogP contribution in [0.5, 0.6) is 0 Å². The molecule has 320 valence electrons. The molecular formula is C43H83NO10. The third kappa shape index (κ3) is 23.8. The molecule has 1 saturated heterocycles. The Morgan fingerprint density at radius 1 is 0.630 bits per heavy atom. The predicted molar refractivity (Wildman–Crippen MR) is 215 cm³/mol. The van der Waals surface area contributed by atoms with Crippen molar-refractivity contribution >= 4 is 5.91 Å². The Hall–Kier alpha value is -1.15. The number of unbranched alkanes of at least 4 members (excludes halogenated alkanes) is 22. The lowest BCUT2D eigenvalue weighted by Gasteiger charge is -2.40. The Labute approximate surface area is 328 Å². The predicted octanol–water partition coefficient (Wildman–Crippen LogP) is 6.50. The smallest absolute Gasteiger partial charge is 0.249 e. The number of hydrogen-bond donors (Lipinski definition) is 8. The molecule has 0 aliphatic carbocycles. The van der Waals surface area contributed by atoms with Gasteiger partial charge in [-0.1, -0.05) is 161 Å². The largest absolute Gasteiger partial charge is 0.394 e. The number of allylic oxidation sites excluding steroid dienone is 2. The van der Waals surface area contributed by atoms with Gasteiger partial charge >= 0.3 is 0 Å². The standard InChI is InChI=1S/C43H83NO10/c1-3-5-7-9-11-13-14-15-16-17-18-19-20-21-23-25-27-29-31-36(47)42(52)44-34(33-53-43-41(51)40(50)39(49)37(32-45)54-43)38(48)35(46)30-28-26-24-22-12-10-8-6-4-2/h13-14,34-41,43,45-51H,3-12,15-33H2,1-2H3,(H,44,52)/b14-13-/t34-,35+,36+,37+,38-,39+,40-,41+,43+/m0/s1. The maximum atomic E-state index is 13.0. The molecule has 0 aromatic carbocycles. The Bertz CT molecular complexity index is 892. The molecule has 1 fully saturated rings. The zero-order valence-corrected chi connectivity index (χ0v) is 34.2. The van der Waals surface area contributed by atoms with Crippen molar-refractivity contribution < 1.29 is 50.0 Å². The molecule has 0 aromatic rings. The fourth-order valence-electron chi connectivity index (χ4n) is 7.08. The van der Waals surface area contributed by atoms with Crippen molar-refractivity contribution in [2.24, 2.45) is 0 Å². The SMILES string of the molecule is CCCCCC/C=C\CCCCCCCCCCCC[C@@H](O)C(=O)N[C@@H](CO[C@@H]1O[C@H](CO)[C@@H](O)[C@H](O)[C@H]1O)[C@H](O)[C@H](O)CCCCCCCCCCC. The highest BCUT2D eigenvalue weighted by Gasteiger charge is 2.44. The van der Waals surface area contributed by atoms with Gasteiger partial charge in [-0.15, -0.1) is 0 Å². The Morgan fingerprint density at radius 2 is 1.07 bits per heavy atom. The minimum absolute atomic E-state index is 0.260. The lowest BCUT2D eigenvalue weighted by Crippen LogP contribution is -2.60. The molecule has 9 atom stereocenters. The summed E-state index contributed by atoms with van der Waals surface area (Å²) in [6, 6.07) is -1.16. The van der Waals surface area contributed by atoms with Gasteiger partial charge in [0.15, 0.2) is 6.29 Å². The summed E-state index contributed by atoms with van der Waals surface area (Å²) in [7, 11) is 0. The molecule has 1 aliphatic rings. The minimum atomic E-state index is -1.66. The van der Waals surface area contributed by atoms with E-state index in [1.54, 1.807) is 0 Å². The molecule has 1 aliphatic heterocycles.